The third-order valence-corrected chi connectivity index (χ3v) is 12.6. The highest BCUT2D eigenvalue weighted by atomic mass is 32.1. The van der Waals surface area contributed by atoms with Gasteiger partial charge in [0.05, 0.1) is 11.4 Å². The predicted molar refractivity (Wildman–Crippen MR) is 229 cm³/mol. The van der Waals surface area contributed by atoms with Crippen molar-refractivity contribution >= 4 is 53.1 Å². The van der Waals surface area contributed by atoms with Crippen molar-refractivity contribution in [3.8, 4) is 56.2 Å². The standard InChI is InChI=1S/C51H34N2S/c1-51(2)42-28-24-31-13-6-7-16-35(31)48(42)39-25-23-33(29-43(39)51)34-26-27-38(37-18-9-8-17-36(34)37)44-30-45(53-50(52-44)32-14-4-3-5-15-32)40-20-12-22-47-49(40)41-19-10-11-21-46(41)54-47/h3-30H,1-2H3. The zero-order valence-electron chi connectivity index (χ0n) is 30.0. The molecule has 2 aromatic heterocycles. The van der Waals surface area contributed by atoms with Crippen LogP contribution in [0.3, 0.4) is 0 Å². The van der Waals surface area contributed by atoms with Gasteiger partial charge in [0.2, 0.25) is 0 Å². The fourth-order valence-electron chi connectivity index (χ4n) is 8.88. The van der Waals surface area contributed by atoms with Gasteiger partial charge in [-0.3, -0.25) is 0 Å². The number of hydrogen-bond donors (Lipinski definition) is 0. The molecule has 10 aromatic rings. The third kappa shape index (κ3) is 4.65. The number of aromatic nitrogens is 2. The fraction of sp³-hybridized carbons (Fsp3) is 0.0588. The molecule has 0 saturated carbocycles. The Morgan fingerprint density at radius 3 is 1.91 bits per heavy atom. The van der Waals surface area contributed by atoms with E-state index in [1.54, 1.807) is 0 Å². The summed E-state index contributed by atoms with van der Waals surface area (Å²) in [5.74, 6) is 0.723. The van der Waals surface area contributed by atoms with E-state index in [1.165, 1.54) is 75.1 Å². The Morgan fingerprint density at radius 2 is 1.07 bits per heavy atom. The lowest BCUT2D eigenvalue weighted by atomic mass is 9.81. The number of benzene rings is 8. The van der Waals surface area contributed by atoms with Gasteiger partial charge in [0.25, 0.3) is 0 Å². The highest BCUT2D eigenvalue weighted by molar-refractivity contribution is 7.25. The topological polar surface area (TPSA) is 25.8 Å². The van der Waals surface area contributed by atoms with Crippen LogP contribution in [0.15, 0.2) is 170 Å². The van der Waals surface area contributed by atoms with Gasteiger partial charge in [-0.25, -0.2) is 9.97 Å². The molecule has 2 heterocycles. The monoisotopic (exact) mass is 706 g/mol. The molecule has 254 valence electrons. The molecule has 3 heteroatoms. The molecule has 0 N–H and O–H groups in total. The van der Waals surface area contributed by atoms with Crippen LogP contribution in [0, 0.1) is 0 Å². The minimum atomic E-state index is -0.109. The largest absolute Gasteiger partial charge is 0.228 e. The van der Waals surface area contributed by atoms with E-state index in [9.17, 15) is 0 Å². The number of fused-ring (bicyclic) bond motifs is 9. The Bertz CT molecular complexity index is 3130. The van der Waals surface area contributed by atoms with Crippen LogP contribution in [-0.2, 0) is 5.41 Å². The maximum absolute atomic E-state index is 5.29. The number of hydrogen-bond acceptors (Lipinski definition) is 3. The summed E-state index contributed by atoms with van der Waals surface area (Å²) in [6.45, 7) is 4.74. The van der Waals surface area contributed by atoms with Gasteiger partial charge in [0.15, 0.2) is 5.82 Å². The van der Waals surface area contributed by atoms with Gasteiger partial charge < -0.3 is 0 Å². The van der Waals surface area contributed by atoms with E-state index >= 15 is 0 Å². The van der Waals surface area contributed by atoms with Crippen molar-refractivity contribution in [2.24, 2.45) is 0 Å². The minimum Gasteiger partial charge on any atom is -0.228 e. The van der Waals surface area contributed by atoms with E-state index in [0.717, 1.165) is 33.9 Å². The van der Waals surface area contributed by atoms with Crippen LogP contribution in [0.4, 0.5) is 0 Å². The molecule has 0 unspecified atom stereocenters. The Morgan fingerprint density at radius 1 is 0.426 bits per heavy atom. The molecule has 0 amide bonds. The summed E-state index contributed by atoms with van der Waals surface area (Å²) in [7, 11) is 0. The lowest BCUT2D eigenvalue weighted by Crippen LogP contribution is -2.15. The van der Waals surface area contributed by atoms with Gasteiger partial charge in [0, 0.05) is 42.3 Å². The van der Waals surface area contributed by atoms with Crippen LogP contribution in [0.25, 0.3) is 97.9 Å². The SMILES string of the molecule is CC1(C)c2cc(-c3ccc(-c4cc(-c5cccc6sc7ccccc7c56)nc(-c5ccccc5)n4)c4ccccc34)ccc2-c2c1ccc1ccccc21. The van der Waals surface area contributed by atoms with Gasteiger partial charge in [-0.1, -0.05) is 159 Å². The van der Waals surface area contributed by atoms with Crippen LogP contribution in [0.2, 0.25) is 0 Å². The van der Waals surface area contributed by atoms with Crippen molar-refractivity contribution < 1.29 is 0 Å². The Hall–Kier alpha value is -6.42. The minimum absolute atomic E-state index is 0.109. The third-order valence-electron chi connectivity index (χ3n) is 11.5. The molecule has 54 heavy (non-hydrogen) atoms. The van der Waals surface area contributed by atoms with E-state index in [1.807, 2.05) is 17.4 Å². The van der Waals surface area contributed by atoms with Gasteiger partial charge in [-0.2, -0.15) is 0 Å². The zero-order chi connectivity index (χ0) is 36.0. The lowest BCUT2D eigenvalue weighted by molar-refractivity contribution is 0.661. The molecule has 2 nitrogen and oxygen atoms in total. The molecule has 0 radical (unpaired) electrons. The first kappa shape index (κ1) is 31.1. The first-order chi connectivity index (χ1) is 26.5. The second-order valence-electron chi connectivity index (χ2n) is 14.9. The molecule has 0 aliphatic heterocycles. The predicted octanol–water partition coefficient (Wildman–Crippen LogP) is 14.1. The van der Waals surface area contributed by atoms with Gasteiger partial charge in [-0.05, 0) is 79.2 Å². The van der Waals surface area contributed by atoms with Gasteiger partial charge >= 0.3 is 0 Å². The summed E-state index contributed by atoms with van der Waals surface area (Å²) in [6, 6.07) is 61.6. The average molecular weight is 707 g/mol. The summed E-state index contributed by atoms with van der Waals surface area (Å²) in [4.78, 5) is 10.5. The molecule has 8 aromatic carbocycles. The summed E-state index contributed by atoms with van der Waals surface area (Å²) in [5, 5.41) is 7.50. The second-order valence-corrected chi connectivity index (χ2v) is 16.0. The van der Waals surface area contributed by atoms with Crippen molar-refractivity contribution in [1.29, 1.82) is 0 Å². The first-order valence-corrected chi connectivity index (χ1v) is 19.4. The van der Waals surface area contributed by atoms with Crippen molar-refractivity contribution in [2.45, 2.75) is 19.3 Å². The van der Waals surface area contributed by atoms with E-state index in [-0.39, 0.29) is 5.41 Å². The van der Waals surface area contributed by atoms with Crippen LogP contribution in [-0.4, -0.2) is 9.97 Å². The lowest BCUT2D eigenvalue weighted by Gasteiger charge is -2.22. The highest BCUT2D eigenvalue weighted by Gasteiger charge is 2.36. The molecular formula is C51H34N2S. The Balaban J connectivity index is 1.10. The fourth-order valence-corrected chi connectivity index (χ4v) is 10.0. The quantitative estimate of drug-likeness (QED) is 0.182. The summed E-state index contributed by atoms with van der Waals surface area (Å²) < 4.78 is 2.55. The van der Waals surface area contributed by atoms with Crippen LogP contribution in [0.1, 0.15) is 25.0 Å². The van der Waals surface area contributed by atoms with Crippen LogP contribution >= 0.6 is 11.3 Å². The van der Waals surface area contributed by atoms with Crippen molar-refractivity contribution in [3.05, 3.63) is 181 Å². The molecule has 1 aliphatic carbocycles. The van der Waals surface area contributed by atoms with Crippen molar-refractivity contribution in [2.75, 3.05) is 0 Å². The van der Waals surface area contributed by atoms with E-state index in [0.29, 0.717) is 0 Å². The maximum Gasteiger partial charge on any atom is 0.160 e. The van der Waals surface area contributed by atoms with E-state index in [4.69, 9.17) is 9.97 Å². The van der Waals surface area contributed by atoms with E-state index in [2.05, 4.69) is 178 Å². The summed E-state index contributed by atoms with van der Waals surface area (Å²) in [5.41, 5.74) is 12.9. The zero-order valence-corrected chi connectivity index (χ0v) is 30.8. The summed E-state index contributed by atoms with van der Waals surface area (Å²) in [6.07, 6.45) is 0. The van der Waals surface area contributed by atoms with Crippen LogP contribution < -0.4 is 0 Å². The van der Waals surface area contributed by atoms with Crippen molar-refractivity contribution in [1.82, 2.24) is 9.97 Å². The first-order valence-electron chi connectivity index (χ1n) is 18.6. The van der Waals surface area contributed by atoms with Gasteiger partial charge in [-0.15, -0.1) is 11.3 Å². The molecule has 0 bridgehead atoms. The number of rotatable bonds is 4. The second kappa shape index (κ2) is 11.8. The normalized spacial score (nSPS) is 13.1. The Labute approximate surface area is 318 Å². The van der Waals surface area contributed by atoms with Crippen molar-refractivity contribution in [3.63, 3.8) is 0 Å². The Kier molecular flexibility index (Phi) is 6.80. The molecule has 1 aliphatic rings. The van der Waals surface area contributed by atoms with Gasteiger partial charge in [0.1, 0.15) is 0 Å². The smallest absolute Gasteiger partial charge is 0.160 e. The number of nitrogens with zero attached hydrogens (tertiary/aromatic N) is 2. The molecule has 11 rings (SSSR count). The number of thiophene rings is 1. The van der Waals surface area contributed by atoms with E-state index < -0.39 is 0 Å². The molecule has 0 spiro atoms. The summed E-state index contributed by atoms with van der Waals surface area (Å²) >= 11 is 1.83. The molecule has 0 saturated heterocycles. The molecular weight excluding hydrogens is 673 g/mol. The highest BCUT2D eigenvalue weighted by Crippen LogP contribution is 2.52. The molecule has 0 atom stereocenters. The van der Waals surface area contributed by atoms with Crippen LogP contribution in [0.5, 0.6) is 0 Å². The molecule has 0 fully saturated rings. The maximum atomic E-state index is 5.29. The average Bonchev–Trinajstić information content (AvgIpc) is 3.72.